The summed E-state index contributed by atoms with van der Waals surface area (Å²) in [4.78, 5) is 25.8. The number of nitrogens with one attached hydrogen (secondary N) is 1. The molecule has 37 heavy (non-hydrogen) atoms. The molecule has 2 aromatic rings. The number of aldehydes is 1. The highest BCUT2D eigenvalue weighted by molar-refractivity contribution is 9.10. The number of halogens is 1. The van der Waals surface area contributed by atoms with E-state index < -0.39 is 0 Å². The third-order valence-electron chi connectivity index (χ3n) is 7.46. The van der Waals surface area contributed by atoms with Gasteiger partial charge in [0.2, 0.25) is 0 Å². The number of rotatable bonds is 14. The molecule has 3 heterocycles. The summed E-state index contributed by atoms with van der Waals surface area (Å²) in [7, 11) is 0. The van der Waals surface area contributed by atoms with Crippen molar-refractivity contribution >= 4 is 28.3 Å². The molecule has 0 saturated carbocycles. The van der Waals surface area contributed by atoms with Crippen molar-refractivity contribution in [3.05, 3.63) is 64.1 Å². The summed E-state index contributed by atoms with van der Waals surface area (Å²) >= 11 is 3.63. The van der Waals surface area contributed by atoms with Crippen molar-refractivity contribution in [1.29, 1.82) is 0 Å². The molecule has 6 nitrogen and oxygen atoms in total. The highest BCUT2D eigenvalue weighted by Gasteiger charge is 2.36. The van der Waals surface area contributed by atoms with E-state index in [1.54, 1.807) is 0 Å². The smallest absolute Gasteiger partial charge is 0.408 e. The summed E-state index contributed by atoms with van der Waals surface area (Å²) in [6.45, 7) is 3.71. The fourth-order valence-electron chi connectivity index (χ4n) is 5.40. The van der Waals surface area contributed by atoms with Crippen molar-refractivity contribution in [2.45, 2.75) is 69.9 Å². The van der Waals surface area contributed by atoms with Crippen LogP contribution in [0.15, 0.2) is 53.0 Å². The van der Waals surface area contributed by atoms with E-state index in [0.717, 1.165) is 98.6 Å². The Morgan fingerprint density at radius 3 is 2.43 bits per heavy atom. The summed E-state index contributed by atoms with van der Waals surface area (Å²) in [6, 6.07) is 15.6. The van der Waals surface area contributed by atoms with Gasteiger partial charge in [0.05, 0.1) is 12.6 Å². The second kappa shape index (κ2) is 14.5. The quantitative estimate of drug-likeness (QED) is 0.203. The molecule has 0 radical (unpaired) electrons. The number of unbranched alkanes of at least 4 members (excludes halogenated alkanes) is 6. The molecule has 0 spiro atoms. The van der Waals surface area contributed by atoms with Gasteiger partial charge >= 0.3 is 6.09 Å². The largest absolute Gasteiger partial charge is 0.494 e. The molecule has 0 aromatic heterocycles. The Bertz CT molecular complexity index is 994. The molecule has 3 saturated heterocycles. The number of fused-ring (bicyclic) bond motifs is 3. The number of hydrogen-bond donors (Lipinski definition) is 1. The number of ether oxygens (including phenoxy) is 2. The number of nitrogens with zero attached hydrogens (tertiary/aromatic N) is 1. The van der Waals surface area contributed by atoms with Gasteiger partial charge in [0.25, 0.3) is 0 Å². The van der Waals surface area contributed by atoms with E-state index in [1.165, 1.54) is 0 Å². The Kier molecular flexibility index (Phi) is 10.9. The highest BCUT2D eigenvalue weighted by atomic mass is 79.9. The molecule has 200 valence electrons. The van der Waals surface area contributed by atoms with Crippen LogP contribution in [0, 0.1) is 5.92 Å². The molecule has 3 fully saturated rings. The van der Waals surface area contributed by atoms with Crippen molar-refractivity contribution in [3.8, 4) is 5.75 Å². The first-order valence-electron chi connectivity index (χ1n) is 13.7. The van der Waals surface area contributed by atoms with Crippen molar-refractivity contribution < 1.29 is 19.1 Å². The summed E-state index contributed by atoms with van der Waals surface area (Å²) < 4.78 is 12.9. The maximum atomic E-state index is 13.1. The minimum atomic E-state index is -0.372. The minimum absolute atomic E-state index is 0.0367. The Labute approximate surface area is 229 Å². The fourth-order valence-corrected chi connectivity index (χ4v) is 5.89. The van der Waals surface area contributed by atoms with Crippen LogP contribution in [0.1, 0.15) is 75.0 Å². The fraction of sp³-hybridized carbons (Fsp3) is 0.533. The van der Waals surface area contributed by atoms with E-state index in [-0.39, 0.29) is 18.2 Å². The first kappa shape index (κ1) is 27.6. The summed E-state index contributed by atoms with van der Waals surface area (Å²) in [6.07, 6.45) is 10.00. The zero-order valence-electron chi connectivity index (χ0n) is 21.6. The van der Waals surface area contributed by atoms with Gasteiger partial charge in [-0.25, -0.2) is 4.79 Å². The third kappa shape index (κ3) is 8.57. The van der Waals surface area contributed by atoms with Gasteiger partial charge in [0.15, 0.2) is 0 Å². The van der Waals surface area contributed by atoms with E-state index in [0.29, 0.717) is 18.9 Å². The van der Waals surface area contributed by atoms with Crippen LogP contribution in [0.2, 0.25) is 0 Å². The zero-order chi connectivity index (χ0) is 25.9. The molecule has 1 amide bonds. The molecule has 7 heteroatoms. The highest BCUT2D eigenvalue weighted by Crippen LogP contribution is 2.32. The van der Waals surface area contributed by atoms with E-state index in [4.69, 9.17) is 9.47 Å². The van der Waals surface area contributed by atoms with Crippen molar-refractivity contribution in [3.63, 3.8) is 0 Å². The summed E-state index contributed by atoms with van der Waals surface area (Å²) in [5, 5.41) is 3.14. The standard InChI is InChI=1S/C30H39BrN2O4/c31-26-19-25(20-27(21-26)36-18-10-5-3-1-2-4-9-17-34)29(24-11-7-6-8-12-24)32-30(35)37-28-22-33-15-13-23(28)14-16-33/h6-8,11-12,17,19-21,23,28-29H,1-5,9-10,13-16,18,22H2,(H,32,35)/t28-,29?/m0/s1. The lowest BCUT2D eigenvalue weighted by Gasteiger charge is -2.43. The lowest BCUT2D eigenvalue weighted by molar-refractivity contribution is -0.107. The average Bonchev–Trinajstić information content (AvgIpc) is 2.91. The van der Waals surface area contributed by atoms with Crippen LogP contribution in [0.3, 0.4) is 0 Å². The average molecular weight is 572 g/mol. The van der Waals surface area contributed by atoms with E-state index in [2.05, 4.69) is 26.1 Å². The minimum Gasteiger partial charge on any atom is -0.494 e. The molecule has 2 aromatic carbocycles. The molecule has 0 aliphatic carbocycles. The molecular weight excluding hydrogens is 532 g/mol. The number of hydrogen-bond acceptors (Lipinski definition) is 5. The molecule has 3 aliphatic rings. The van der Waals surface area contributed by atoms with Crippen LogP contribution in [-0.4, -0.2) is 49.6 Å². The molecule has 1 unspecified atom stereocenters. The van der Waals surface area contributed by atoms with Gasteiger partial charge in [-0.3, -0.25) is 4.90 Å². The van der Waals surface area contributed by atoms with Crippen LogP contribution in [0.4, 0.5) is 4.79 Å². The normalized spacial score (nSPS) is 21.3. The number of carbonyl (C=O) groups is 2. The van der Waals surface area contributed by atoms with Crippen LogP contribution in [0.5, 0.6) is 5.75 Å². The van der Waals surface area contributed by atoms with Crippen LogP contribution in [0.25, 0.3) is 0 Å². The predicted molar refractivity (Wildman–Crippen MR) is 149 cm³/mol. The van der Waals surface area contributed by atoms with Gasteiger partial charge in [0, 0.05) is 17.4 Å². The molecule has 5 rings (SSSR count). The van der Waals surface area contributed by atoms with Crippen LogP contribution < -0.4 is 10.1 Å². The molecule has 3 aliphatic heterocycles. The Morgan fingerprint density at radius 2 is 1.73 bits per heavy atom. The van der Waals surface area contributed by atoms with Crippen LogP contribution >= 0.6 is 15.9 Å². The first-order valence-corrected chi connectivity index (χ1v) is 14.5. The maximum Gasteiger partial charge on any atom is 0.408 e. The lowest BCUT2D eigenvalue weighted by Crippen LogP contribution is -2.52. The lowest BCUT2D eigenvalue weighted by atomic mass is 9.86. The van der Waals surface area contributed by atoms with Gasteiger partial charge in [-0.15, -0.1) is 0 Å². The van der Waals surface area contributed by atoms with Crippen molar-refractivity contribution in [2.24, 2.45) is 5.92 Å². The summed E-state index contributed by atoms with van der Waals surface area (Å²) in [5.41, 5.74) is 1.93. The summed E-state index contributed by atoms with van der Waals surface area (Å²) in [5.74, 6) is 1.25. The van der Waals surface area contributed by atoms with Crippen molar-refractivity contribution in [1.82, 2.24) is 10.2 Å². The maximum absolute atomic E-state index is 13.1. The Hall–Kier alpha value is -2.38. The Balaban J connectivity index is 1.35. The van der Waals surface area contributed by atoms with E-state index >= 15 is 0 Å². The molecule has 2 bridgehead atoms. The number of alkyl carbamates (subject to hydrolysis) is 1. The second-order valence-corrected chi connectivity index (χ2v) is 11.1. The van der Waals surface area contributed by atoms with E-state index in [9.17, 15) is 9.59 Å². The van der Waals surface area contributed by atoms with Crippen LogP contribution in [-0.2, 0) is 9.53 Å². The number of amides is 1. The number of benzene rings is 2. The zero-order valence-corrected chi connectivity index (χ0v) is 23.2. The number of piperidine rings is 3. The molecule has 2 atom stereocenters. The third-order valence-corrected chi connectivity index (χ3v) is 7.92. The molecular formula is C30H39BrN2O4. The monoisotopic (exact) mass is 570 g/mol. The van der Waals surface area contributed by atoms with Gasteiger partial charge in [-0.1, -0.05) is 71.9 Å². The van der Waals surface area contributed by atoms with E-state index in [1.807, 2.05) is 48.5 Å². The predicted octanol–water partition coefficient (Wildman–Crippen LogP) is 6.67. The first-order chi connectivity index (χ1) is 18.1. The van der Waals surface area contributed by atoms with Gasteiger partial charge in [-0.05, 0) is 74.0 Å². The van der Waals surface area contributed by atoms with Gasteiger partial charge in [-0.2, -0.15) is 0 Å². The molecule has 1 N–H and O–H groups in total. The Morgan fingerprint density at radius 1 is 1.00 bits per heavy atom. The number of carbonyl (C=O) groups excluding carboxylic acids is 2. The van der Waals surface area contributed by atoms with Gasteiger partial charge < -0.3 is 19.6 Å². The van der Waals surface area contributed by atoms with Gasteiger partial charge in [0.1, 0.15) is 18.1 Å². The SMILES string of the molecule is O=CCCCCCCCCOc1cc(Br)cc(C(NC(=O)O[C@H]2CN3CCC2CC3)c2ccccc2)c1. The van der Waals surface area contributed by atoms with Crippen molar-refractivity contribution in [2.75, 3.05) is 26.2 Å². The second-order valence-electron chi connectivity index (χ2n) is 10.2. The topological polar surface area (TPSA) is 67.9 Å².